The molecule has 1 fully saturated rings. The first-order chi connectivity index (χ1) is 14.7. The van der Waals surface area contributed by atoms with Gasteiger partial charge in [0.05, 0.1) is 16.3 Å². The minimum Gasteiger partial charge on any atom is -0.376 e. The van der Waals surface area contributed by atoms with Crippen molar-refractivity contribution in [3.8, 4) is 0 Å². The van der Waals surface area contributed by atoms with Gasteiger partial charge in [0.25, 0.3) is 5.91 Å². The molecular weight excluding hydrogens is 416 g/mol. The molecule has 0 saturated carbocycles. The fourth-order valence-corrected chi connectivity index (χ4v) is 5.07. The van der Waals surface area contributed by atoms with Crippen LogP contribution in [0.4, 0.5) is 17.1 Å². The molecule has 3 rings (SSSR count). The number of amides is 2. The number of sulfonamides is 1. The Morgan fingerprint density at radius 2 is 1.58 bits per heavy atom. The predicted octanol–water partition coefficient (Wildman–Crippen LogP) is 3.14. The Bertz CT molecular complexity index is 1060. The molecule has 1 aliphatic heterocycles. The lowest BCUT2D eigenvalue weighted by atomic mass is 10.1. The first-order valence-electron chi connectivity index (χ1n) is 10.2. The summed E-state index contributed by atoms with van der Waals surface area (Å²) >= 11 is 0. The van der Waals surface area contributed by atoms with Crippen LogP contribution >= 0.6 is 0 Å². The molecule has 0 aromatic heterocycles. The van der Waals surface area contributed by atoms with Gasteiger partial charge in [-0.3, -0.25) is 9.59 Å². The van der Waals surface area contributed by atoms with Crippen molar-refractivity contribution in [1.29, 1.82) is 0 Å². The van der Waals surface area contributed by atoms with E-state index in [0.717, 1.165) is 19.3 Å². The zero-order chi connectivity index (χ0) is 22.6. The van der Waals surface area contributed by atoms with E-state index in [1.165, 1.54) is 17.3 Å². The van der Waals surface area contributed by atoms with Gasteiger partial charge in [-0.1, -0.05) is 6.42 Å². The number of hydrogen-bond donors (Lipinski definition) is 2. The average molecular weight is 445 g/mol. The van der Waals surface area contributed by atoms with E-state index in [2.05, 4.69) is 10.6 Å². The largest absolute Gasteiger partial charge is 0.376 e. The summed E-state index contributed by atoms with van der Waals surface area (Å²) in [6.45, 7) is 2.44. The van der Waals surface area contributed by atoms with Gasteiger partial charge in [-0.25, -0.2) is 8.42 Å². The monoisotopic (exact) mass is 444 g/mol. The van der Waals surface area contributed by atoms with Crippen LogP contribution in [0.25, 0.3) is 0 Å². The zero-order valence-corrected chi connectivity index (χ0v) is 18.8. The molecule has 2 aromatic carbocycles. The molecule has 166 valence electrons. The summed E-state index contributed by atoms with van der Waals surface area (Å²) in [6, 6.07) is 11.3. The number of nitrogens with zero attached hydrogens (tertiary/aromatic N) is 2. The van der Waals surface area contributed by atoms with E-state index in [4.69, 9.17) is 0 Å². The van der Waals surface area contributed by atoms with Gasteiger partial charge >= 0.3 is 0 Å². The summed E-state index contributed by atoms with van der Waals surface area (Å²) in [5.41, 5.74) is 2.09. The lowest BCUT2D eigenvalue weighted by molar-refractivity contribution is -0.114. The quantitative estimate of drug-likeness (QED) is 0.713. The number of hydrogen-bond acceptors (Lipinski definition) is 5. The van der Waals surface area contributed by atoms with Crippen LogP contribution in [0, 0.1) is 0 Å². The van der Waals surface area contributed by atoms with Crippen molar-refractivity contribution in [2.75, 3.05) is 42.7 Å². The summed E-state index contributed by atoms with van der Waals surface area (Å²) in [7, 11) is 0.0296. The Morgan fingerprint density at radius 1 is 0.935 bits per heavy atom. The molecule has 31 heavy (non-hydrogen) atoms. The first kappa shape index (κ1) is 22.8. The third kappa shape index (κ3) is 5.42. The number of carbonyl (C=O) groups is 2. The maximum Gasteiger partial charge on any atom is 0.255 e. The maximum atomic E-state index is 13.1. The summed E-state index contributed by atoms with van der Waals surface area (Å²) in [5, 5.41) is 5.48. The highest BCUT2D eigenvalue weighted by Crippen LogP contribution is 2.30. The highest BCUT2D eigenvalue weighted by atomic mass is 32.2. The Hall–Kier alpha value is -2.91. The molecule has 2 amide bonds. The number of benzene rings is 2. The van der Waals surface area contributed by atoms with Crippen LogP contribution in [0.5, 0.6) is 0 Å². The second-order valence-electron chi connectivity index (χ2n) is 7.75. The Labute approximate surface area is 183 Å². The molecule has 0 radical (unpaired) electrons. The van der Waals surface area contributed by atoms with Crippen molar-refractivity contribution in [3.63, 3.8) is 0 Å². The van der Waals surface area contributed by atoms with Gasteiger partial charge in [0.1, 0.15) is 0 Å². The number of carbonyl (C=O) groups excluding carboxylic acids is 2. The smallest absolute Gasteiger partial charge is 0.255 e. The summed E-state index contributed by atoms with van der Waals surface area (Å²) in [6.07, 6.45) is 2.74. The fraction of sp³-hybridized carbons (Fsp3) is 0.364. The summed E-state index contributed by atoms with van der Waals surface area (Å²) in [5.74, 6) is -0.565. The molecule has 1 saturated heterocycles. The second kappa shape index (κ2) is 9.49. The van der Waals surface area contributed by atoms with Crippen molar-refractivity contribution in [2.24, 2.45) is 0 Å². The summed E-state index contributed by atoms with van der Waals surface area (Å²) in [4.78, 5) is 25.9. The SMILES string of the molecule is CC(=O)Nc1ccc(C(=O)Nc2cc(S(=O)(=O)N3CCCCC3)ccc2N(C)C)cc1. The molecule has 8 nitrogen and oxygen atoms in total. The van der Waals surface area contributed by atoms with E-state index < -0.39 is 10.0 Å². The molecule has 2 N–H and O–H groups in total. The van der Waals surface area contributed by atoms with Gasteiger partial charge in [-0.2, -0.15) is 4.31 Å². The fourth-order valence-electron chi connectivity index (χ4n) is 3.52. The van der Waals surface area contributed by atoms with Gasteiger partial charge in [0.2, 0.25) is 15.9 Å². The van der Waals surface area contributed by atoms with Crippen molar-refractivity contribution < 1.29 is 18.0 Å². The van der Waals surface area contributed by atoms with Gasteiger partial charge in [0, 0.05) is 45.4 Å². The van der Waals surface area contributed by atoms with Crippen molar-refractivity contribution in [2.45, 2.75) is 31.1 Å². The maximum absolute atomic E-state index is 13.1. The molecule has 0 bridgehead atoms. The van der Waals surface area contributed by atoms with Gasteiger partial charge in [-0.15, -0.1) is 0 Å². The lowest BCUT2D eigenvalue weighted by Gasteiger charge is -2.26. The second-order valence-corrected chi connectivity index (χ2v) is 9.69. The third-order valence-corrected chi connectivity index (χ3v) is 7.01. The van der Waals surface area contributed by atoms with Gasteiger partial charge < -0.3 is 15.5 Å². The zero-order valence-electron chi connectivity index (χ0n) is 18.0. The van der Waals surface area contributed by atoms with Crippen LogP contribution in [0.2, 0.25) is 0 Å². The summed E-state index contributed by atoms with van der Waals surface area (Å²) < 4.78 is 27.6. The molecule has 9 heteroatoms. The van der Waals surface area contributed by atoms with E-state index in [-0.39, 0.29) is 16.7 Å². The average Bonchev–Trinajstić information content (AvgIpc) is 2.74. The van der Waals surface area contributed by atoms with Crippen molar-refractivity contribution in [1.82, 2.24) is 4.31 Å². The highest BCUT2D eigenvalue weighted by Gasteiger charge is 2.27. The molecule has 1 aliphatic rings. The Morgan fingerprint density at radius 3 is 2.16 bits per heavy atom. The number of nitrogens with one attached hydrogen (secondary N) is 2. The van der Waals surface area contributed by atoms with E-state index in [0.29, 0.717) is 35.7 Å². The van der Waals surface area contributed by atoms with E-state index >= 15 is 0 Å². The molecule has 0 aliphatic carbocycles. The highest BCUT2D eigenvalue weighted by molar-refractivity contribution is 7.89. The lowest BCUT2D eigenvalue weighted by Crippen LogP contribution is -2.35. The van der Waals surface area contributed by atoms with Crippen LogP contribution in [-0.4, -0.2) is 51.7 Å². The third-order valence-electron chi connectivity index (χ3n) is 5.12. The van der Waals surface area contributed by atoms with Gasteiger partial charge in [0.15, 0.2) is 0 Å². The van der Waals surface area contributed by atoms with Crippen molar-refractivity contribution in [3.05, 3.63) is 48.0 Å². The molecule has 0 spiro atoms. The van der Waals surface area contributed by atoms with Crippen LogP contribution in [-0.2, 0) is 14.8 Å². The van der Waals surface area contributed by atoms with E-state index in [1.807, 2.05) is 19.0 Å². The number of anilines is 3. The molecule has 2 aromatic rings. The van der Waals surface area contributed by atoms with E-state index in [1.54, 1.807) is 36.4 Å². The first-order valence-corrected chi connectivity index (χ1v) is 11.6. The Balaban J connectivity index is 1.87. The van der Waals surface area contributed by atoms with Crippen LogP contribution < -0.4 is 15.5 Å². The molecule has 0 unspecified atom stereocenters. The van der Waals surface area contributed by atoms with Gasteiger partial charge in [-0.05, 0) is 55.3 Å². The normalized spacial score (nSPS) is 14.7. The molecule has 0 atom stereocenters. The minimum atomic E-state index is -3.62. The topological polar surface area (TPSA) is 98.8 Å². The van der Waals surface area contributed by atoms with Crippen LogP contribution in [0.1, 0.15) is 36.5 Å². The number of piperidine rings is 1. The predicted molar refractivity (Wildman–Crippen MR) is 122 cm³/mol. The van der Waals surface area contributed by atoms with E-state index in [9.17, 15) is 18.0 Å². The van der Waals surface area contributed by atoms with Crippen LogP contribution in [0.3, 0.4) is 0 Å². The minimum absolute atomic E-state index is 0.163. The molecule has 1 heterocycles. The molecular formula is C22H28N4O4S. The van der Waals surface area contributed by atoms with Crippen LogP contribution in [0.15, 0.2) is 47.4 Å². The standard InChI is InChI=1S/C22H28N4O4S/c1-16(27)23-18-9-7-17(8-10-18)22(28)24-20-15-19(11-12-21(20)25(2)3)31(29,30)26-13-5-4-6-14-26/h7-12,15H,4-6,13-14H2,1-3H3,(H,23,27)(H,24,28). The van der Waals surface area contributed by atoms with Crippen molar-refractivity contribution >= 4 is 38.9 Å². The number of rotatable bonds is 6. The Kier molecular flexibility index (Phi) is 6.97.